The van der Waals surface area contributed by atoms with E-state index in [4.69, 9.17) is 11.0 Å². The van der Waals surface area contributed by atoms with Crippen LogP contribution in [0.4, 0.5) is 0 Å². The monoisotopic (exact) mass is 273 g/mol. The number of hydrogen-bond acceptors (Lipinski definition) is 3. The average molecular weight is 273 g/mol. The lowest BCUT2D eigenvalue weighted by Crippen LogP contribution is -2.55. The smallest absolute Gasteiger partial charge is 0.230 e. The van der Waals surface area contributed by atoms with Gasteiger partial charge in [-0.25, -0.2) is 0 Å². The first kappa shape index (κ1) is 16.2. The molecular formula is C16H23N3O. The molecule has 1 amide bonds. The third-order valence-electron chi connectivity index (χ3n) is 3.97. The summed E-state index contributed by atoms with van der Waals surface area (Å²) in [5.41, 5.74) is 6.37. The van der Waals surface area contributed by atoms with E-state index in [-0.39, 0.29) is 5.91 Å². The summed E-state index contributed by atoms with van der Waals surface area (Å²) >= 11 is 0. The zero-order valence-corrected chi connectivity index (χ0v) is 12.9. The van der Waals surface area contributed by atoms with Gasteiger partial charge in [-0.2, -0.15) is 5.26 Å². The molecule has 4 heteroatoms. The summed E-state index contributed by atoms with van der Waals surface area (Å²) in [5, 5.41) is 8.89. The molecule has 0 heterocycles. The fraction of sp³-hybridized carbons (Fsp3) is 0.500. The minimum absolute atomic E-state index is 0.00707. The van der Waals surface area contributed by atoms with Gasteiger partial charge in [0.05, 0.1) is 17.0 Å². The van der Waals surface area contributed by atoms with Crippen molar-refractivity contribution in [2.45, 2.75) is 39.8 Å². The molecule has 0 unspecified atom stereocenters. The Morgan fingerprint density at radius 3 is 2.45 bits per heavy atom. The number of nitrogens with zero attached hydrogens (tertiary/aromatic N) is 2. The molecule has 0 saturated carbocycles. The Labute approximate surface area is 121 Å². The van der Waals surface area contributed by atoms with Crippen LogP contribution in [-0.2, 0) is 11.3 Å². The predicted octanol–water partition coefficient (Wildman–Crippen LogP) is 2.28. The van der Waals surface area contributed by atoms with Gasteiger partial charge in [0.1, 0.15) is 0 Å². The third-order valence-corrected chi connectivity index (χ3v) is 3.97. The lowest BCUT2D eigenvalue weighted by atomic mass is 9.74. The second-order valence-electron chi connectivity index (χ2n) is 6.32. The van der Waals surface area contributed by atoms with Gasteiger partial charge in [-0.15, -0.1) is 0 Å². The quantitative estimate of drug-likeness (QED) is 0.915. The maximum Gasteiger partial charge on any atom is 0.230 e. The van der Waals surface area contributed by atoms with Crippen molar-refractivity contribution in [2.75, 3.05) is 7.05 Å². The lowest BCUT2D eigenvalue weighted by molar-refractivity contribution is -0.142. The molecule has 20 heavy (non-hydrogen) atoms. The molecule has 0 bridgehead atoms. The molecule has 0 fully saturated rings. The molecule has 1 aromatic carbocycles. The highest BCUT2D eigenvalue weighted by Crippen LogP contribution is 2.30. The second-order valence-corrected chi connectivity index (χ2v) is 6.32. The molecule has 0 aromatic heterocycles. The van der Waals surface area contributed by atoms with Crippen molar-refractivity contribution in [1.82, 2.24) is 4.90 Å². The van der Waals surface area contributed by atoms with Gasteiger partial charge in [-0.05, 0) is 45.4 Å². The molecule has 0 aliphatic heterocycles. The van der Waals surface area contributed by atoms with Crippen LogP contribution >= 0.6 is 0 Å². The lowest BCUT2D eigenvalue weighted by Gasteiger charge is -2.39. The van der Waals surface area contributed by atoms with E-state index in [1.165, 1.54) is 0 Å². The number of nitriles is 1. The number of carbonyl (C=O) groups is 1. The predicted molar refractivity (Wildman–Crippen MR) is 79.7 cm³/mol. The van der Waals surface area contributed by atoms with Crippen molar-refractivity contribution >= 4 is 5.91 Å². The number of rotatable bonds is 4. The SMILES string of the molecule is CN(Cc1cccc(C#N)c1)C(=O)C(C)(C)C(C)(C)N. The highest BCUT2D eigenvalue weighted by atomic mass is 16.2. The maximum atomic E-state index is 12.6. The maximum absolute atomic E-state index is 12.6. The van der Waals surface area contributed by atoms with Crippen LogP contribution in [0.15, 0.2) is 24.3 Å². The summed E-state index contributed by atoms with van der Waals surface area (Å²) < 4.78 is 0. The van der Waals surface area contributed by atoms with Crippen molar-refractivity contribution in [3.8, 4) is 6.07 Å². The minimum Gasteiger partial charge on any atom is -0.341 e. The van der Waals surface area contributed by atoms with E-state index >= 15 is 0 Å². The Bertz CT molecular complexity index is 535. The summed E-state index contributed by atoms with van der Waals surface area (Å²) in [6.07, 6.45) is 0. The normalized spacial score (nSPS) is 11.8. The van der Waals surface area contributed by atoms with Gasteiger partial charge in [0.2, 0.25) is 5.91 Å². The van der Waals surface area contributed by atoms with Gasteiger partial charge in [0.25, 0.3) is 0 Å². The van der Waals surface area contributed by atoms with Gasteiger partial charge >= 0.3 is 0 Å². The van der Waals surface area contributed by atoms with Crippen LogP contribution in [0.2, 0.25) is 0 Å². The summed E-state index contributed by atoms with van der Waals surface area (Å²) in [4.78, 5) is 14.2. The molecule has 0 aliphatic rings. The summed E-state index contributed by atoms with van der Waals surface area (Å²) in [6, 6.07) is 9.38. The number of amides is 1. The van der Waals surface area contributed by atoms with E-state index < -0.39 is 11.0 Å². The molecule has 1 rings (SSSR count). The molecule has 0 atom stereocenters. The van der Waals surface area contributed by atoms with Gasteiger partial charge in [-0.3, -0.25) is 4.79 Å². The van der Waals surface area contributed by atoms with E-state index in [0.29, 0.717) is 12.1 Å². The van der Waals surface area contributed by atoms with Gasteiger partial charge < -0.3 is 10.6 Å². The van der Waals surface area contributed by atoms with Gasteiger partial charge in [0.15, 0.2) is 0 Å². The largest absolute Gasteiger partial charge is 0.341 e. The minimum atomic E-state index is -0.658. The molecule has 4 nitrogen and oxygen atoms in total. The summed E-state index contributed by atoms with van der Waals surface area (Å²) in [6.45, 7) is 7.90. The van der Waals surface area contributed by atoms with E-state index in [1.54, 1.807) is 24.1 Å². The van der Waals surface area contributed by atoms with Crippen molar-refractivity contribution < 1.29 is 4.79 Å². The molecule has 1 aromatic rings. The van der Waals surface area contributed by atoms with Crippen LogP contribution in [-0.4, -0.2) is 23.4 Å². The standard InChI is InChI=1S/C16H23N3O/c1-15(2,16(3,4)18)14(20)19(5)11-13-8-6-7-12(9-13)10-17/h6-9H,11,18H2,1-5H3. The van der Waals surface area contributed by atoms with E-state index in [0.717, 1.165) is 5.56 Å². The Hall–Kier alpha value is -1.86. The van der Waals surface area contributed by atoms with Crippen LogP contribution < -0.4 is 5.73 Å². The Morgan fingerprint density at radius 1 is 1.35 bits per heavy atom. The average Bonchev–Trinajstić information content (AvgIpc) is 2.36. The zero-order chi connectivity index (χ0) is 15.6. The number of benzene rings is 1. The first-order valence-corrected chi connectivity index (χ1v) is 6.63. The van der Waals surface area contributed by atoms with Crippen molar-refractivity contribution in [3.63, 3.8) is 0 Å². The first-order chi connectivity index (χ1) is 9.09. The van der Waals surface area contributed by atoms with Gasteiger partial charge in [0, 0.05) is 19.1 Å². The molecule has 0 spiro atoms. The molecule has 108 valence electrons. The topological polar surface area (TPSA) is 70.1 Å². The number of nitrogens with two attached hydrogens (primary N) is 1. The third kappa shape index (κ3) is 3.37. The van der Waals surface area contributed by atoms with E-state index in [2.05, 4.69) is 6.07 Å². The van der Waals surface area contributed by atoms with Crippen molar-refractivity contribution in [2.24, 2.45) is 11.1 Å². The second kappa shape index (κ2) is 5.64. The van der Waals surface area contributed by atoms with Crippen LogP contribution in [0.25, 0.3) is 0 Å². The van der Waals surface area contributed by atoms with Crippen LogP contribution in [0, 0.1) is 16.7 Å². The first-order valence-electron chi connectivity index (χ1n) is 6.63. The van der Waals surface area contributed by atoms with Crippen LogP contribution in [0.1, 0.15) is 38.8 Å². The Morgan fingerprint density at radius 2 is 1.95 bits per heavy atom. The van der Waals surface area contributed by atoms with Crippen LogP contribution in [0.3, 0.4) is 0 Å². The highest BCUT2D eigenvalue weighted by molar-refractivity contribution is 5.83. The summed E-state index contributed by atoms with van der Waals surface area (Å²) in [7, 11) is 1.76. The Kier molecular flexibility index (Phi) is 4.57. The van der Waals surface area contributed by atoms with Gasteiger partial charge in [-0.1, -0.05) is 12.1 Å². The van der Waals surface area contributed by atoms with Crippen LogP contribution in [0.5, 0.6) is 0 Å². The molecule has 0 saturated heterocycles. The number of carbonyl (C=O) groups excluding carboxylic acids is 1. The van der Waals surface area contributed by atoms with Crippen molar-refractivity contribution in [1.29, 1.82) is 5.26 Å². The molecule has 0 radical (unpaired) electrons. The molecule has 2 N–H and O–H groups in total. The summed E-state index contributed by atoms with van der Waals surface area (Å²) in [5.74, 6) is -0.00707. The molecular weight excluding hydrogens is 250 g/mol. The fourth-order valence-corrected chi connectivity index (χ4v) is 1.84. The highest BCUT2D eigenvalue weighted by Gasteiger charge is 2.41. The van der Waals surface area contributed by atoms with Crippen molar-refractivity contribution in [3.05, 3.63) is 35.4 Å². The fourth-order valence-electron chi connectivity index (χ4n) is 1.84. The van der Waals surface area contributed by atoms with E-state index in [1.807, 2.05) is 39.8 Å². The van der Waals surface area contributed by atoms with E-state index in [9.17, 15) is 4.79 Å². The molecule has 0 aliphatic carbocycles. The Balaban J connectivity index is 2.89. The number of hydrogen-bond donors (Lipinski definition) is 1. The zero-order valence-electron chi connectivity index (χ0n) is 12.9.